The van der Waals surface area contributed by atoms with Crippen molar-refractivity contribution in [3.63, 3.8) is 0 Å². The average molecular weight is 428 g/mol. The van der Waals surface area contributed by atoms with Gasteiger partial charge in [-0.15, -0.1) is 0 Å². The first-order valence-electron chi connectivity index (χ1n) is 11.2. The van der Waals surface area contributed by atoms with Crippen LogP contribution < -0.4 is 16.0 Å². The summed E-state index contributed by atoms with van der Waals surface area (Å²) in [6.07, 6.45) is 6.86. The Morgan fingerprint density at radius 2 is 2.00 bits per heavy atom. The van der Waals surface area contributed by atoms with Gasteiger partial charge in [0.05, 0.1) is 6.04 Å². The van der Waals surface area contributed by atoms with Crippen molar-refractivity contribution in [3.8, 4) is 0 Å². The second kappa shape index (κ2) is 7.51. The van der Waals surface area contributed by atoms with Crippen LogP contribution in [-0.2, 0) is 24.0 Å². The number of carbonyl (C=O) groups excluding carboxylic acids is 1. The highest BCUT2D eigenvalue weighted by molar-refractivity contribution is 5.72. The molecule has 1 aromatic heterocycles. The lowest BCUT2D eigenvalue weighted by molar-refractivity contribution is 0.136. The van der Waals surface area contributed by atoms with E-state index in [0.29, 0.717) is 5.95 Å². The molecule has 0 radical (unpaired) electrons. The molecule has 32 heavy (non-hydrogen) atoms. The van der Waals surface area contributed by atoms with Crippen LogP contribution in [0.15, 0.2) is 42.6 Å². The summed E-state index contributed by atoms with van der Waals surface area (Å²) in [5, 5.41) is 9.77. The van der Waals surface area contributed by atoms with Gasteiger partial charge in [-0.3, -0.25) is 0 Å². The highest BCUT2D eigenvalue weighted by Gasteiger charge is 2.41. The highest BCUT2D eigenvalue weighted by atomic mass is 16.6. The maximum absolute atomic E-state index is 11.6. The Kier molecular flexibility index (Phi) is 4.48. The molecule has 2 aromatic carbocycles. The van der Waals surface area contributed by atoms with E-state index in [2.05, 4.69) is 51.3 Å². The molecule has 2 aliphatic carbocycles. The van der Waals surface area contributed by atoms with E-state index < -0.39 is 0 Å². The molecule has 6 rings (SSSR count). The number of carbonyl (C=O) groups is 1. The third-order valence-corrected chi connectivity index (χ3v) is 6.68. The third-order valence-electron chi connectivity index (χ3n) is 6.68. The van der Waals surface area contributed by atoms with E-state index in [1.807, 2.05) is 19.2 Å². The van der Waals surface area contributed by atoms with Crippen molar-refractivity contribution >= 4 is 29.2 Å². The standard InChI is InChI=1S/C25H25N5O2/c1-14-13-26-24(30-23(14)28-20-8-4-6-15-5-2-3-7-18(15)20)27-17-10-9-16-11-21-22(19(16)12-17)29-25(31)32-21/h4,6,8-10,12-13,21-22H,2-3,5,7,11H2,1H3,(H,29,31)(H2,26,27,28,30)/t21?,22-/m0/s1. The largest absolute Gasteiger partial charge is 0.443 e. The molecular weight excluding hydrogens is 402 g/mol. The molecule has 1 unspecified atom stereocenters. The van der Waals surface area contributed by atoms with Gasteiger partial charge in [-0.1, -0.05) is 18.2 Å². The number of ether oxygens (including phenoxy) is 1. The summed E-state index contributed by atoms with van der Waals surface area (Å²) >= 11 is 0. The maximum atomic E-state index is 11.6. The quantitative estimate of drug-likeness (QED) is 0.551. The Bertz CT molecular complexity index is 1220. The SMILES string of the molecule is Cc1cnc(Nc2ccc3c(c2)[C@@H]2NC(=O)OC2C3)nc1Nc1cccc2c1CCCC2. The van der Waals surface area contributed by atoms with E-state index in [1.165, 1.54) is 29.5 Å². The molecule has 162 valence electrons. The minimum Gasteiger partial charge on any atom is -0.443 e. The lowest BCUT2D eigenvalue weighted by atomic mass is 9.90. The summed E-state index contributed by atoms with van der Waals surface area (Å²) in [6.45, 7) is 2.01. The van der Waals surface area contributed by atoms with Crippen molar-refractivity contribution in [2.45, 2.75) is 51.2 Å². The number of nitrogens with zero attached hydrogens (tertiary/aromatic N) is 2. The van der Waals surface area contributed by atoms with Crippen molar-refractivity contribution in [1.29, 1.82) is 0 Å². The van der Waals surface area contributed by atoms with Crippen LogP contribution in [0.2, 0.25) is 0 Å². The van der Waals surface area contributed by atoms with Crippen molar-refractivity contribution in [2.75, 3.05) is 10.6 Å². The Labute approximate surface area is 186 Å². The number of alkyl carbamates (subject to hydrolysis) is 1. The van der Waals surface area contributed by atoms with E-state index in [1.54, 1.807) is 0 Å². The summed E-state index contributed by atoms with van der Waals surface area (Å²) in [7, 11) is 0. The maximum Gasteiger partial charge on any atom is 0.408 e. The summed E-state index contributed by atoms with van der Waals surface area (Å²) < 4.78 is 5.35. The topological polar surface area (TPSA) is 88.2 Å². The molecule has 0 saturated carbocycles. The smallest absolute Gasteiger partial charge is 0.408 e. The van der Waals surface area contributed by atoms with Gasteiger partial charge in [0.1, 0.15) is 11.9 Å². The first-order chi connectivity index (χ1) is 15.6. The van der Waals surface area contributed by atoms with Gasteiger partial charge in [-0.05, 0) is 73.1 Å². The Hall–Kier alpha value is -3.61. The first-order valence-corrected chi connectivity index (χ1v) is 11.2. The summed E-state index contributed by atoms with van der Waals surface area (Å²) in [6, 6.07) is 12.5. The van der Waals surface area contributed by atoms with Crippen LogP contribution in [0.1, 0.15) is 46.7 Å². The molecule has 2 heterocycles. The van der Waals surface area contributed by atoms with Crippen LogP contribution in [0, 0.1) is 6.92 Å². The summed E-state index contributed by atoms with van der Waals surface area (Å²) in [5.41, 5.74) is 8.14. The van der Waals surface area contributed by atoms with Gasteiger partial charge in [0.15, 0.2) is 0 Å². The predicted molar refractivity (Wildman–Crippen MR) is 123 cm³/mol. The second-order valence-electron chi connectivity index (χ2n) is 8.81. The van der Waals surface area contributed by atoms with E-state index in [-0.39, 0.29) is 18.2 Å². The summed E-state index contributed by atoms with van der Waals surface area (Å²) in [5.74, 6) is 1.34. The lowest BCUT2D eigenvalue weighted by Gasteiger charge is -2.20. The van der Waals surface area contributed by atoms with Crippen LogP contribution in [0.4, 0.5) is 27.9 Å². The Balaban J connectivity index is 1.25. The zero-order valence-corrected chi connectivity index (χ0v) is 17.9. The van der Waals surface area contributed by atoms with Crippen LogP contribution in [0.5, 0.6) is 0 Å². The van der Waals surface area contributed by atoms with Gasteiger partial charge in [-0.2, -0.15) is 4.98 Å². The minimum atomic E-state index is -0.343. The van der Waals surface area contributed by atoms with Crippen LogP contribution >= 0.6 is 0 Å². The zero-order chi connectivity index (χ0) is 21.7. The second-order valence-corrected chi connectivity index (χ2v) is 8.81. The molecule has 1 amide bonds. The van der Waals surface area contributed by atoms with Crippen LogP contribution in [-0.4, -0.2) is 22.2 Å². The number of fused-ring (bicyclic) bond motifs is 4. The van der Waals surface area contributed by atoms with Gasteiger partial charge >= 0.3 is 6.09 Å². The number of aryl methyl sites for hydroxylation is 2. The van der Waals surface area contributed by atoms with Crippen molar-refractivity contribution in [2.24, 2.45) is 0 Å². The van der Waals surface area contributed by atoms with Crippen molar-refractivity contribution < 1.29 is 9.53 Å². The molecule has 3 aliphatic rings. The number of anilines is 4. The molecule has 3 aromatic rings. The van der Waals surface area contributed by atoms with Gasteiger partial charge in [0.2, 0.25) is 5.95 Å². The molecule has 0 spiro atoms. The predicted octanol–water partition coefficient (Wildman–Crippen LogP) is 4.86. The number of nitrogens with one attached hydrogen (secondary N) is 3. The monoisotopic (exact) mass is 427 g/mol. The number of hydrogen-bond donors (Lipinski definition) is 3. The van der Waals surface area contributed by atoms with E-state index in [4.69, 9.17) is 9.72 Å². The summed E-state index contributed by atoms with van der Waals surface area (Å²) in [4.78, 5) is 20.8. The molecule has 1 saturated heterocycles. The van der Waals surface area contributed by atoms with Crippen LogP contribution in [0.25, 0.3) is 0 Å². The molecule has 3 N–H and O–H groups in total. The average Bonchev–Trinajstić information content (AvgIpc) is 3.32. The normalized spacial score (nSPS) is 20.6. The first kappa shape index (κ1) is 19.1. The fraction of sp³-hybridized carbons (Fsp3) is 0.320. The molecule has 7 nitrogen and oxygen atoms in total. The molecule has 1 aliphatic heterocycles. The van der Waals surface area contributed by atoms with E-state index >= 15 is 0 Å². The Morgan fingerprint density at radius 3 is 2.94 bits per heavy atom. The van der Waals surface area contributed by atoms with Crippen molar-refractivity contribution in [3.05, 3.63) is 70.4 Å². The molecule has 0 bridgehead atoms. The Morgan fingerprint density at radius 1 is 1.09 bits per heavy atom. The minimum absolute atomic E-state index is 0.0836. The number of aromatic nitrogens is 2. The molecule has 2 atom stereocenters. The number of hydrogen-bond acceptors (Lipinski definition) is 6. The number of rotatable bonds is 4. The van der Waals surface area contributed by atoms with Crippen molar-refractivity contribution in [1.82, 2.24) is 15.3 Å². The highest BCUT2D eigenvalue weighted by Crippen LogP contribution is 2.38. The van der Waals surface area contributed by atoms with Gasteiger partial charge in [0, 0.05) is 29.6 Å². The van der Waals surface area contributed by atoms with Gasteiger partial charge in [-0.25, -0.2) is 9.78 Å². The van der Waals surface area contributed by atoms with Crippen LogP contribution in [0.3, 0.4) is 0 Å². The molecule has 1 fully saturated rings. The fourth-order valence-electron chi connectivity index (χ4n) is 5.05. The van der Waals surface area contributed by atoms with Gasteiger partial charge < -0.3 is 20.7 Å². The van der Waals surface area contributed by atoms with Gasteiger partial charge in [0.25, 0.3) is 0 Å². The number of amides is 1. The molecule has 7 heteroatoms. The fourth-order valence-corrected chi connectivity index (χ4v) is 5.05. The number of benzene rings is 2. The molecular formula is C25H25N5O2. The lowest BCUT2D eigenvalue weighted by Crippen LogP contribution is -2.18. The third kappa shape index (κ3) is 3.34. The zero-order valence-electron chi connectivity index (χ0n) is 17.9. The van der Waals surface area contributed by atoms with E-state index in [9.17, 15) is 4.79 Å². The van der Waals surface area contributed by atoms with E-state index in [0.717, 1.165) is 47.6 Å².